The van der Waals surface area contributed by atoms with Gasteiger partial charge >= 0.3 is 18.1 Å². The van der Waals surface area contributed by atoms with Crippen LogP contribution in [-0.4, -0.2) is 48.8 Å². The lowest BCUT2D eigenvalue weighted by Gasteiger charge is -2.15. The number of halogens is 3. The van der Waals surface area contributed by atoms with Crippen LogP contribution in [0.25, 0.3) is 17.1 Å². The number of fused-ring (bicyclic) bond motifs is 1. The maximum atomic E-state index is 12.2. The first kappa shape index (κ1) is 19.8. The van der Waals surface area contributed by atoms with Crippen LogP contribution in [0.1, 0.15) is 5.56 Å². The molecule has 11 heteroatoms. The summed E-state index contributed by atoms with van der Waals surface area (Å²) in [6.07, 6.45) is -1.86. The number of carbonyl (C=O) groups is 1. The fourth-order valence-electron chi connectivity index (χ4n) is 2.40. The Morgan fingerprint density at radius 3 is 2.54 bits per heavy atom. The second kappa shape index (κ2) is 6.98. The van der Waals surface area contributed by atoms with E-state index in [4.69, 9.17) is 10.5 Å². The molecule has 7 nitrogen and oxygen atoms in total. The number of hydrogen-bond acceptors (Lipinski definition) is 5. The van der Waals surface area contributed by atoms with Gasteiger partial charge in [-0.15, -0.1) is 0 Å². The van der Waals surface area contributed by atoms with Crippen molar-refractivity contribution in [2.45, 2.75) is 25.8 Å². The van der Waals surface area contributed by atoms with Crippen LogP contribution in [-0.2, 0) is 4.79 Å². The zero-order chi connectivity index (χ0) is 19.7. The van der Waals surface area contributed by atoms with Gasteiger partial charge in [-0.2, -0.15) is 23.1 Å². The van der Waals surface area contributed by atoms with Crippen LogP contribution >= 0.6 is 0 Å². The SMILES string of the molecule is COc1nc(N)c2c(C=CCNC(=O)C(F)(F)F)c([Si](C)(C)C)[nH]c2n1. The molecule has 0 aliphatic heterocycles. The Labute approximate surface area is 148 Å². The normalized spacial score (nSPS) is 12.7. The molecule has 0 radical (unpaired) electrons. The highest BCUT2D eigenvalue weighted by molar-refractivity contribution is 6.89. The molecular formula is C15H20F3N5O2Si. The number of hydrogen-bond donors (Lipinski definition) is 3. The van der Waals surface area contributed by atoms with Crippen LogP contribution in [0.15, 0.2) is 6.08 Å². The maximum absolute atomic E-state index is 12.2. The monoisotopic (exact) mass is 387 g/mol. The number of nitrogens with one attached hydrogen (secondary N) is 2. The number of amides is 1. The molecule has 0 spiro atoms. The number of anilines is 1. The smallest absolute Gasteiger partial charge is 0.467 e. The molecule has 0 aliphatic rings. The van der Waals surface area contributed by atoms with Crippen molar-refractivity contribution in [2.24, 2.45) is 0 Å². The van der Waals surface area contributed by atoms with E-state index in [2.05, 4.69) is 34.6 Å². The highest BCUT2D eigenvalue weighted by atomic mass is 28.3. The van der Waals surface area contributed by atoms with Crippen molar-refractivity contribution >= 4 is 42.2 Å². The predicted octanol–water partition coefficient (Wildman–Crippen LogP) is 1.79. The minimum absolute atomic E-state index is 0.117. The highest BCUT2D eigenvalue weighted by Crippen LogP contribution is 2.26. The van der Waals surface area contributed by atoms with Gasteiger partial charge in [0.05, 0.1) is 20.6 Å². The fraction of sp³-hybridized carbons (Fsp3) is 0.400. The first-order valence-electron chi connectivity index (χ1n) is 7.70. The number of H-pyrrole nitrogens is 1. The lowest BCUT2D eigenvalue weighted by molar-refractivity contribution is -0.173. The van der Waals surface area contributed by atoms with Crippen LogP contribution in [0, 0.1) is 0 Å². The summed E-state index contributed by atoms with van der Waals surface area (Å²) in [4.78, 5) is 22.4. The van der Waals surface area contributed by atoms with E-state index in [-0.39, 0.29) is 18.4 Å². The molecule has 0 aliphatic carbocycles. The molecule has 0 saturated heterocycles. The number of carbonyl (C=O) groups excluding carboxylic acids is 1. The Morgan fingerprint density at radius 1 is 1.35 bits per heavy atom. The summed E-state index contributed by atoms with van der Waals surface area (Å²) in [5.41, 5.74) is 7.21. The third-order valence-electron chi connectivity index (χ3n) is 3.55. The van der Waals surface area contributed by atoms with Gasteiger partial charge in [0.25, 0.3) is 0 Å². The molecule has 0 unspecified atom stereocenters. The second-order valence-corrected chi connectivity index (χ2v) is 11.6. The van der Waals surface area contributed by atoms with Gasteiger partial charge < -0.3 is 20.8 Å². The molecular weight excluding hydrogens is 367 g/mol. The molecule has 0 atom stereocenters. The minimum atomic E-state index is -4.91. The summed E-state index contributed by atoms with van der Waals surface area (Å²) in [5.74, 6) is -1.79. The fourth-order valence-corrected chi connectivity index (χ4v) is 3.91. The molecule has 0 saturated carbocycles. The minimum Gasteiger partial charge on any atom is -0.467 e. The lowest BCUT2D eigenvalue weighted by Crippen LogP contribution is -2.40. The molecule has 0 bridgehead atoms. The van der Waals surface area contributed by atoms with Crippen LogP contribution < -0.4 is 21.1 Å². The molecule has 2 rings (SSSR count). The van der Waals surface area contributed by atoms with E-state index in [0.717, 1.165) is 5.32 Å². The van der Waals surface area contributed by atoms with Gasteiger partial charge in [0, 0.05) is 17.4 Å². The summed E-state index contributed by atoms with van der Waals surface area (Å²) in [7, 11) is -0.438. The number of nitrogen functional groups attached to an aromatic ring is 1. The molecule has 142 valence electrons. The average Bonchev–Trinajstić information content (AvgIpc) is 2.89. The summed E-state index contributed by atoms with van der Waals surface area (Å²) in [6, 6.07) is 0.117. The quantitative estimate of drug-likeness (QED) is 0.678. The van der Waals surface area contributed by atoms with E-state index >= 15 is 0 Å². The van der Waals surface area contributed by atoms with Gasteiger partial charge in [0.2, 0.25) is 0 Å². The van der Waals surface area contributed by atoms with Crippen molar-refractivity contribution < 1.29 is 22.7 Å². The summed E-state index contributed by atoms with van der Waals surface area (Å²) in [5, 5.41) is 3.28. The van der Waals surface area contributed by atoms with E-state index < -0.39 is 20.2 Å². The van der Waals surface area contributed by atoms with E-state index in [1.807, 2.05) is 0 Å². The van der Waals surface area contributed by atoms with Crippen molar-refractivity contribution in [3.8, 4) is 6.01 Å². The van der Waals surface area contributed by atoms with Crippen LogP contribution in [0.5, 0.6) is 6.01 Å². The van der Waals surface area contributed by atoms with Crippen molar-refractivity contribution in [2.75, 3.05) is 19.4 Å². The molecule has 2 aromatic rings. The van der Waals surface area contributed by atoms with Crippen molar-refractivity contribution in [1.82, 2.24) is 20.3 Å². The number of aromatic amines is 1. The highest BCUT2D eigenvalue weighted by Gasteiger charge is 2.38. The zero-order valence-electron chi connectivity index (χ0n) is 14.8. The van der Waals surface area contributed by atoms with Gasteiger partial charge in [0.15, 0.2) is 0 Å². The Hall–Kier alpha value is -2.56. The largest absolute Gasteiger partial charge is 0.471 e. The Balaban J connectivity index is 2.41. The predicted molar refractivity (Wildman–Crippen MR) is 95.9 cm³/mol. The van der Waals surface area contributed by atoms with Crippen LogP contribution in [0.3, 0.4) is 0 Å². The van der Waals surface area contributed by atoms with Crippen molar-refractivity contribution in [1.29, 1.82) is 0 Å². The third-order valence-corrected chi connectivity index (χ3v) is 5.45. The Bertz CT molecular complexity index is 856. The molecule has 0 aromatic carbocycles. The number of alkyl halides is 3. The first-order chi connectivity index (χ1) is 11.9. The Kier molecular flexibility index (Phi) is 5.30. The molecule has 0 fully saturated rings. The summed E-state index contributed by atoms with van der Waals surface area (Å²) < 4.78 is 41.7. The van der Waals surface area contributed by atoms with Gasteiger partial charge in [-0.1, -0.05) is 31.8 Å². The van der Waals surface area contributed by atoms with E-state index in [0.29, 0.717) is 16.6 Å². The van der Waals surface area contributed by atoms with E-state index in [9.17, 15) is 18.0 Å². The molecule has 2 aromatic heterocycles. The van der Waals surface area contributed by atoms with E-state index in [1.165, 1.54) is 13.2 Å². The average molecular weight is 387 g/mol. The van der Waals surface area contributed by atoms with E-state index in [1.54, 1.807) is 11.4 Å². The lowest BCUT2D eigenvalue weighted by atomic mass is 10.2. The standard InChI is InChI=1S/C15H20F3N5O2Si/c1-25-14-21-10(19)9-8(6-5-7-20-13(24)15(16,17)18)12(26(2,3)4)22-11(9)23-14/h5-6H,7H2,1-4H3,(H,20,24)(H3,19,21,22,23). The van der Waals surface area contributed by atoms with Gasteiger partial charge in [-0.05, 0) is 0 Å². The number of methoxy groups -OCH3 is 1. The number of ether oxygens (including phenoxy) is 1. The number of rotatable bonds is 5. The van der Waals surface area contributed by atoms with Crippen LogP contribution in [0.2, 0.25) is 19.6 Å². The van der Waals surface area contributed by atoms with Crippen molar-refractivity contribution in [3.05, 3.63) is 11.6 Å². The molecule has 2 heterocycles. The summed E-state index contributed by atoms with van der Waals surface area (Å²) >= 11 is 0. The van der Waals surface area contributed by atoms with Gasteiger partial charge in [0.1, 0.15) is 11.5 Å². The molecule has 4 N–H and O–H groups in total. The summed E-state index contributed by atoms with van der Waals surface area (Å²) in [6.45, 7) is 6.02. The van der Waals surface area contributed by atoms with Gasteiger partial charge in [-0.25, -0.2) is 0 Å². The zero-order valence-corrected chi connectivity index (χ0v) is 15.8. The number of nitrogens with two attached hydrogens (primary N) is 1. The number of nitrogens with zero attached hydrogens (tertiary/aromatic N) is 2. The molecule has 26 heavy (non-hydrogen) atoms. The van der Waals surface area contributed by atoms with Crippen LogP contribution in [0.4, 0.5) is 19.0 Å². The molecule has 1 amide bonds. The Morgan fingerprint density at radius 2 is 2.00 bits per heavy atom. The third kappa shape index (κ3) is 4.15. The van der Waals surface area contributed by atoms with Gasteiger partial charge in [-0.3, -0.25) is 4.79 Å². The maximum Gasteiger partial charge on any atom is 0.471 e. The first-order valence-corrected chi connectivity index (χ1v) is 11.2. The number of aromatic nitrogens is 3. The van der Waals surface area contributed by atoms with Crippen molar-refractivity contribution in [3.63, 3.8) is 0 Å². The topological polar surface area (TPSA) is 106 Å². The second-order valence-electron chi connectivity index (χ2n) is 6.59.